The van der Waals surface area contributed by atoms with Crippen LogP contribution in [0.1, 0.15) is 12.5 Å². The molecule has 0 atom stereocenters. The van der Waals surface area contributed by atoms with E-state index in [-0.39, 0.29) is 11.1 Å². The highest BCUT2D eigenvalue weighted by molar-refractivity contribution is 8.18. The molecular weight excluding hydrogens is 210 g/mol. The van der Waals surface area contributed by atoms with Crippen LogP contribution in [0.15, 0.2) is 35.2 Å². The summed E-state index contributed by atoms with van der Waals surface area (Å²) in [6.07, 6.45) is 0. The Morgan fingerprint density at radius 3 is 2.40 bits per heavy atom. The zero-order chi connectivity index (χ0) is 10.8. The lowest BCUT2D eigenvalue weighted by Gasteiger charge is -2.02. The summed E-state index contributed by atoms with van der Waals surface area (Å²) < 4.78 is 0. The van der Waals surface area contributed by atoms with Crippen LogP contribution in [0.4, 0.5) is 4.79 Å². The van der Waals surface area contributed by atoms with Gasteiger partial charge in [-0.2, -0.15) is 0 Å². The lowest BCUT2D eigenvalue weighted by atomic mass is 10.1. The number of carbonyl (C=O) groups excluding carboxylic acids is 2. The largest absolute Gasteiger partial charge is 0.290 e. The molecule has 0 saturated carbocycles. The Kier molecular flexibility index (Phi) is 2.60. The molecule has 2 rings (SSSR count). The first kappa shape index (κ1) is 9.98. The van der Waals surface area contributed by atoms with Crippen LogP contribution in [0.3, 0.4) is 0 Å². The Labute approximate surface area is 91.6 Å². The molecule has 0 spiro atoms. The molecule has 1 saturated heterocycles. The van der Waals surface area contributed by atoms with E-state index in [4.69, 9.17) is 0 Å². The molecule has 1 fully saturated rings. The number of hydrogen-bond acceptors (Lipinski definition) is 3. The number of amides is 2. The summed E-state index contributed by atoms with van der Waals surface area (Å²) in [6.45, 7) is 1.84. The minimum absolute atomic E-state index is 0.300. The maximum atomic E-state index is 11.4. The molecule has 1 aromatic carbocycles. The number of thioether (sulfide) groups is 1. The van der Waals surface area contributed by atoms with E-state index in [1.165, 1.54) is 0 Å². The summed E-state index contributed by atoms with van der Waals surface area (Å²) in [6, 6.07) is 9.55. The quantitative estimate of drug-likeness (QED) is 0.738. The van der Waals surface area contributed by atoms with E-state index in [1.54, 1.807) is 0 Å². The molecule has 0 unspecified atom stereocenters. The average molecular weight is 219 g/mol. The first-order valence-electron chi connectivity index (χ1n) is 4.48. The third-order valence-corrected chi connectivity index (χ3v) is 3.15. The molecule has 1 N–H and O–H groups in total. The maximum Gasteiger partial charge on any atom is 0.290 e. The lowest BCUT2D eigenvalue weighted by molar-refractivity contribution is -0.115. The number of nitrogens with one attached hydrogen (secondary N) is 1. The van der Waals surface area contributed by atoms with Crippen LogP contribution in [-0.4, -0.2) is 11.1 Å². The van der Waals surface area contributed by atoms with Crippen LogP contribution >= 0.6 is 11.8 Å². The number of carbonyl (C=O) groups is 2. The van der Waals surface area contributed by atoms with Gasteiger partial charge in [0, 0.05) is 0 Å². The molecule has 0 aliphatic carbocycles. The number of benzene rings is 1. The first-order valence-corrected chi connectivity index (χ1v) is 5.29. The van der Waals surface area contributed by atoms with Crippen LogP contribution in [0.25, 0.3) is 5.57 Å². The summed E-state index contributed by atoms with van der Waals surface area (Å²) in [5.74, 6) is -0.300. The highest BCUT2D eigenvalue weighted by Gasteiger charge is 2.27. The van der Waals surface area contributed by atoms with Gasteiger partial charge in [-0.05, 0) is 29.8 Å². The number of hydrogen-bond donors (Lipinski definition) is 1. The predicted octanol–water partition coefficient (Wildman–Crippen LogP) is 2.40. The normalized spacial score (nSPS) is 19.0. The summed E-state index contributed by atoms with van der Waals surface area (Å²) >= 11 is 0.957. The van der Waals surface area contributed by atoms with Crippen LogP contribution in [0.5, 0.6) is 0 Å². The Morgan fingerprint density at radius 2 is 1.87 bits per heavy atom. The standard InChI is InChI=1S/C11H9NO2S/c1-7(8-5-3-2-4-6-8)9-10(13)12-11(14)15-9/h2-6H,1H3,(H,12,13,14)/b9-7-. The van der Waals surface area contributed by atoms with Gasteiger partial charge in [0.05, 0.1) is 4.91 Å². The Balaban J connectivity index is 2.42. The van der Waals surface area contributed by atoms with Gasteiger partial charge in [0.25, 0.3) is 11.1 Å². The molecule has 0 bridgehead atoms. The van der Waals surface area contributed by atoms with Gasteiger partial charge in [-0.15, -0.1) is 0 Å². The third-order valence-electron chi connectivity index (χ3n) is 2.16. The second-order valence-corrected chi connectivity index (χ2v) is 4.15. The topological polar surface area (TPSA) is 46.2 Å². The molecule has 4 heteroatoms. The zero-order valence-electron chi connectivity index (χ0n) is 8.11. The van der Waals surface area contributed by atoms with Gasteiger partial charge in [-0.1, -0.05) is 30.3 Å². The molecule has 76 valence electrons. The second-order valence-electron chi connectivity index (χ2n) is 3.16. The van der Waals surface area contributed by atoms with Gasteiger partial charge in [0.15, 0.2) is 0 Å². The predicted molar refractivity (Wildman–Crippen MR) is 60.2 cm³/mol. The molecule has 15 heavy (non-hydrogen) atoms. The summed E-state index contributed by atoms with van der Waals surface area (Å²) in [4.78, 5) is 22.9. The van der Waals surface area contributed by atoms with Crippen LogP contribution < -0.4 is 5.32 Å². The minimum atomic E-state index is -0.301. The van der Waals surface area contributed by atoms with Crippen molar-refractivity contribution in [3.63, 3.8) is 0 Å². The maximum absolute atomic E-state index is 11.4. The molecule has 0 aromatic heterocycles. The smallest absolute Gasteiger partial charge is 0.282 e. The summed E-state index contributed by atoms with van der Waals surface area (Å²) in [5.41, 5.74) is 1.80. The molecular formula is C11H9NO2S. The fraction of sp³-hybridized carbons (Fsp3) is 0.0909. The summed E-state index contributed by atoms with van der Waals surface area (Å²) in [7, 11) is 0. The van der Waals surface area contributed by atoms with Gasteiger partial charge >= 0.3 is 0 Å². The van der Waals surface area contributed by atoms with Crippen molar-refractivity contribution in [1.29, 1.82) is 0 Å². The van der Waals surface area contributed by atoms with Crippen molar-refractivity contribution in [3.05, 3.63) is 40.8 Å². The van der Waals surface area contributed by atoms with Crippen LogP contribution in [0, 0.1) is 0 Å². The highest BCUT2D eigenvalue weighted by atomic mass is 32.2. The lowest BCUT2D eigenvalue weighted by Crippen LogP contribution is -2.18. The van der Waals surface area contributed by atoms with Crippen molar-refractivity contribution in [2.24, 2.45) is 0 Å². The van der Waals surface area contributed by atoms with Gasteiger partial charge in [-0.3, -0.25) is 14.9 Å². The first-order chi connectivity index (χ1) is 7.18. The second kappa shape index (κ2) is 3.90. The Morgan fingerprint density at radius 1 is 1.20 bits per heavy atom. The van der Waals surface area contributed by atoms with Crippen molar-refractivity contribution >= 4 is 28.5 Å². The highest BCUT2D eigenvalue weighted by Crippen LogP contribution is 2.31. The van der Waals surface area contributed by atoms with Crippen molar-refractivity contribution in [1.82, 2.24) is 5.32 Å². The van der Waals surface area contributed by atoms with Gasteiger partial charge in [0.1, 0.15) is 0 Å². The fourth-order valence-corrected chi connectivity index (χ4v) is 2.12. The van der Waals surface area contributed by atoms with E-state index >= 15 is 0 Å². The zero-order valence-corrected chi connectivity index (χ0v) is 8.93. The summed E-state index contributed by atoms with van der Waals surface area (Å²) in [5, 5.41) is 1.94. The third kappa shape index (κ3) is 1.94. The molecule has 1 heterocycles. The SMILES string of the molecule is C/C(=C1/SC(=O)NC1=O)c1ccccc1. The molecule has 1 aromatic rings. The molecule has 3 nitrogen and oxygen atoms in total. The van der Waals surface area contributed by atoms with E-state index < -0.39 is 0 Å². The minimum Gasteiger partial charge on any atom is -0.282 e. The van der Waals surface area contributed by atoms with E-state index in [1.807, 2.05) is 37.3 Å². The van der Waals surface area contributed by atoms with Crippen LogP contribution in [-0.2, 0) is 4.79 Å². The Hall–Kier alpha value is -1.55. The van der Waals surface area contributed by atoms with Crippen molar-refractivity contribution in [2.45, 2.75) is 6.92 Å². The number of rotatable bonds is 1. The average Bonchev–Trinajstić information content (AvgIpc) is 2.58. The van der Waals surface area contributed by atoms with Crippen LogP contribution in [0.2, 0.25) is 0 Å². The van der Waals surface area contributed by atoms with Gasteiger partial charge in [0.2, 0.25) is 0 Å². The van der Waals surface area contributed by atoms with E-state index in [0.717, 1.165) is 22.9 Å². The van der Waals surface area contributed by atoms with E-state index in [2.05, 4.69) is 5.32 Å². The molecule has 1 aliphatic rings. The van der Waals surface area contributed by atoms with Crippen molar-refractivity contribution in [3.8, 4) is 0 Å². The molecule has 2 amide bonds. The number of imide groups is 1. The van der Waals surface area contributed by atoms with E-state index in [9.17, 15) is 9.59 Å². The number of allylic oxidation sites excluding steroid dienone is 1. The Bertz CT molecular complexity index is 451. The monoisotopic (exact) mass is 219 g/mol. The van der Waals surface area contributed by atoms with Crippen molar-refractivity contribution < 1.29 is 9.59 Å². The molecule has 0 radical (unpaired) electrons. The van der Waals surface area contributed by atoms with E-state index in [0.29, 0.717) is 4.91 Å². The molecule has 1 aliphatic heterocycles. The fourth-order valence-electron chi connectivity index (χ4n) is 1.38. The van der Waals surface area contributed by atoms with Gasteiger partial charge in [-0.25, -0.2) is 0 Å². The van der Waals surface area contributed by atoms with Crippen molar-refractivity contribution in [2.75, 3.05) is 0 Å². The van der Waals surface area contributed by atoms with Gasteiger partial charge < -0.3 is 0 Å².